The van der Waals surface area contributed by atoms with Gasteiger partial charge in [0.15, 0.2) is 11.5 Å². The molecular weight excluding hydrogens is 294 g/mol. The summed E-state index contributed by atoms with van der Waals surface area (Å²) in [7, 11) is 1.68. The monoisotopic (exact) mass is 313 g/mol. The van der Waals surface area contributed by atoms with Crippen LogP contribution in [-0.4, -0.2) is 26.3 Å². The van der Waals surface area contributed by atoms with Crippen LogP contribution in [0.1, 0.15) is 25.3 Å². The summed E-state index contributed by atoms with van der Waals surface area (Å²) in [5.41, 5.74) is 1.28. The fourth-order valence-corrected chi connectivity index (χ4v) is 2.99. The van der Waals surface area contributed by atoms with Crippen molar-refractivity contribution in [1.29, 1.82) is 0 Å². The summed E-state index contributed by atoms with van der Waals surface area (Å²) >= 11 is 3.56. The normalized spacial score (nSPS) is 18.9. The molecule has 1 fully saturated rings. The molecule has 0 saturated carbocycles. The average molecular weight is 314 g/mol. The highest BCUT2D eigenvalue weighted by Gasteiger charge is 2.17. The molecule has 1 aromatic carbocycles. The van der Waals surface area contributed by atoms with Crippen LogP contribution in [0.2, 0.25) is 0 Å². The zero-order chi connectivity index (χ0) is 13.0. The van der Waals surface area contributed by atoms with Gasteiger partial charge in [-0.1, -0.05) is 0 Å². The Bertz CT molecular complexity index is 403. The predicted octanol–water partition coefficient (Wildman–Crippen LogP) is 3.15. The van der Waals surface area contributed by atoms with Gasteiger partial charge in [0.2, 0.25) is 0 Å². The predicted molar refractivity (Wildman–Crippen MR) is 76.6 cm³/mol. The van der Waals surface area contributed by atoms with Crippen LogP contribution in [0.5, 0.6) is 11.5 Å². The van der Waals surface area contributed by atoms with Gasteiger partial charge in [-0.2, -0.15) is 0 Å². The Hall–Kier alpha value is -0.740. The maximum Gasteiger partial charge on any atom is 0.175 e. The number of methoxy groups -OCH3 is 1. The van der Waals surface area contributed by atoms with Gasteiger partial charge in [0, 0.05) is 6.04 Å². The van der Waals surface area contributed by atoms with Crippen LogP contribution in [0.3, 0.4) is 0 Å². The first-order chi connectivity index (χ1) is 8.74. The standard InChI is InChI=1S/C14H20BrNO2/c1-3-18-14-12(15)8-10(9-13(14)17-2)7-11-5-4-6-16-11/h8-9,11,16H,3-7H2,1-2H3. The quantitative estimate of drug-likeness (QED) is 0.906. The highest BCUT2D eigenvalue weighted by atomic mass is 79.9. The number of hydrogen-bond acceptors (Lipinski definition) is 3. The molecule has 1 N–H and O–H groups in total. The Morgan fingerprint density at radius 1 is 1.44 bits per heavy atom. The molecule has 1 atom stereocenters. The second-order valence-corrected chi connectivity index (χ2v) is 5.39. The SMILES string of the molecule is CCOc1c(Br)cc(CC2CCCN2)cc1OC. The maximum atomic E-state index is 5.60. The zero-order valence-electron chi connectivity index (χ0n) is 11.0. The summed E-state index contributed by atoms with van der Waals surface area (Å²) < 4.78 is 12.0. The number of hydrogen-bond donors (Lipinski definition) is 1. The molecule has 3 nitrogen and oxygen atoms in total. The van der Waals surface area contributed by atoms with E-state index in [2.05, 4.69) is 33.4 Å². The van der Waals surface area contributed by atoms with Crippen molar-refractivity contribution in [3.63, 3.8) is 0 Å². The minimum Gasteiger partial charge on any atom is -0.493 e. The largest absolute Gasteiger partial charge is 0.493 e. The van der Waals surface area contributed by atoms with Crippen LogP contribution in [-0.2, 0) is 6.42 Å². The topological polar surface area (TPSA) is 30.5 Å². The third kappa shape index (κ3) is 3.18. The van der Waals surface area contributed by atoms with Crippen LogP contribution in [0.4, 0.5) is 0 Å². The van der Waals surface area contributed by atoms with Crippen molar-refractivity contribution in [3.05, 3.63) is 22.2 Å². The van der Waals surface area contributed by atoms with Crippen LogP contribution >= 0.6 is 15.9 Å². The van der Waals surface area contributed by atoms with E-state index in [1.54, 1.807) is 7.11 Å². The fraction of sp³-hybridized carbons (Fsp3) is 0.571. The molecule has 2 rings (SSSR count). The number of ether oxygens (including phenoxy) is 2. The fourth-order valence-electron chi connectivity index (χ4n) is 2.39. The van der Waals surface area contributed by atoms with Gasteiger partial charge in [0.25, 0.3) is 0 Å². The molecule has 1 unspecified atom stereocenters. The van der Waals surface area contributed by atoms with Gasteiger partial charge in [0.1, 0.15) is 0 Å². The molecule has 100 valence electrons. The van der Waals surface area contributed by atoms with E-state index < -0.39 is 0 Å². The molecule has 1 saturated heterocycles. The van der Waals surface area contributed by atoms with Crippen molar-refractivity contribution in [2.45, 2.75) is 32.2 Å². The van der Waals surface area contributed by atoms with E-state index >= 15 is 0 Å². The van der Waals surface area contributed by atoms with E-state index in [-0.39, 0.29) is 0 Å². The summed E-state index contributed by atoms with van der Waals surface area (Å²) in [6.07, 6.45) is 3.58. The second-order valence-electron chi connectivity index (χ2n) is 4.54. The van der Waals surface area contributed by atoms with E-state index in [1.807, 2.05) is 6.92 Å². The van der Waals surface area contributed by atoms with E-state index in [1.165, 1.54) is 18.4 Å². The molecule has 0 amide bonds. The van der Waals surface area contributed by atoms with Gasteiger partial charge in [-0.25, -0.2) is 0 Å². The van der Waals surface area contributed by atoms with E-state index in [0.717, 1.165) is 28.9 Å². The molecule has 0 aliphatic carbocycles. The van der Waals surface area contributed by atoms with Gasteiger partial charge in [-0.3, -0.25) is 0 Å². The Morgan fingerprint density at radius 2 is 2.28 bits per heavy atom. The minimum absolute atomic E-state index is 0.597. The maximum absolute atomic E-state index is 5.60. The molecular formula is C14H20BrNO2. The van der Waals surface area contributed by atoms with Crippen LogP contribution in [0.15, 0.2) is 16.6 Å². The number of rotatable bonds is 5. The summed E-state index contributed by atoms with van der Waals surface area (Å²) in [6, 6.07) is 4.81. The average Bonchev–Trinajstić information content (AvgIpc) is 2.85. The minimum atomic E-state index is 0.597. The van der Waals surface area contributed by atoms with Crippen molar-refractivity contribution in [1.82, 2.24) is 5.32 Å². The van der Waals surface area contributed by atoms with Gasteiger partial charge in [0.05, 0.1) is 18.2 Å². The van der Waals surface area contributed by atoms with Crippen LogP contribution < -0.4 is 14.8 Å². The van der Waals surface area contributed by atoms with Gasteiger partial charge < -0.3 is 14.8 Å². The zero-order valence-corrected chi connectivity index (χ0v) is 12.5. The molecule has 0 spiro atoms. The molecule has 18 heavy (non-hydrogen) atoms. The molecule has 1 aromatic rings. The molecule has 0 aromatic heterocycles. The summed E-state index contributed by atoms with van der Waals surface area (Å²) in [6.45, 7) is 3.75. The van der Waals surface area contributed by atoms with Crippen molar-refractivity contribution in [2.75, 3.05) is 20.3 Å². The van der Waals surface area contributed by atoms with E-state index in [9.17, 15) is 0 Å². The molecule has 1 heterocycles. The van der Waals surface area contributed by atoms with Gasteiger partial charge in [-0.05, 0) is 66.4 Å². The highest BCUT2D eigenvalue weighted by Crippen LogP contribution is 2.37. The summed E-state index contributed by atoms with van der Waals surface area (Å²) in [5, 5.41) is 3.51. The molecule has 4 heteroatoms. The smallest absolute Gasteiger partial charge is 0.175 e. The lowest BCUT2D eigenvalue weighted by atomic mass is 10.0. The third-order valence-electron chi connectivity index (χ3n) is 3.22. The highest BCUT2D eigenvalue weighted by molar-refractivity contribution is 9.10. The first kappa shape index (κ1) is 13.7. The molecule has 1 aliphatic heterocycles. The summed E-state index contributed by atoms with van der Waals surface area (Å²) in [4.78, 5) is 0. The molecule has 0 radical (unpaired) electrons. The number of nitrogens with one attached hydrogen (secondary N) is 1. The van der Waals surface area contributed by atoms with E-state index in [0.29, 0.717) is 12.6 Å². The summed E-state index contributed by atoms with van der Waals surface area (Å²) in [5.74, 6) is 1.60. The van der Waals surface area contributed by atoms with Crippen LogP contribution in [0.25, 0.3) is 0 Å². The van der Waals surface area contributed by atoms with Gasteiger partial charge in [-0.15, -0.1) is 0 Å². The van der Waals surface area contributed by atoms with E-state index in [4.69, 9.17) is 9.47 Å². The first-order valence-corrected chi connectivity index (χ1v) is 7.26. The Labute approximate surface area is 117 Å². The van der Waals surface area contributed by atoms with Crippen molar-refractivity contribution in [2.24, 2.45) is 0 Å². The number of benzene rings is 1. The van der Waals surface area contributed by atoms with Crippen LogP contribution in [0, 0.1) is 0 Å². The Kier molecular flexibility index (Phi) is 4.89. The van der Waals surface area contributed by atoms with Crippen molar-refractivity contribution in [3.8, 4) is 11.5 Å². The van der Waals surface area contributed by atoms with Crippen molar-refractivity contribution < 1.29 is 9.47 Å². The molecule has 1 aliphatic rings. The first-order valence-electron chi connectivity index (χ1n) is 6.47. The Balaban J connectivity index is 2.18. The van der Waals surface area contributed by atoms with Crippen molar-refractivity contribution >= 4 is 15.9 Å². The second kappa shape index (κ2) is 6.43. The Morgan fingerprint density at radius 3 is 2.89 bits per heavy atom. The van der Waals surface area contributed by atoms with Gasteiger partial charge >= 0.3 is 0 Å². The lowest BCUT2D eigenvalue weighted by molar-refractivity contribution is 0.308. The lowest BCUT2D eigenvalue weighted by Gasteiger charge is -2.15. The lowest BCUT2D eigenvalue weighted by Crippen LogP contribution is -2.23. The third-order valence-corrected chi connectivity index (χ3v) is 3.81. The number of halogens is 1. The molecule has 0 bridgehead atoms.